The Kier molecular flexibility index (Phi) is 7.86. The predicted octanol–water partition coefficient (Wildman–Crippen LogP) is 1.31. The molecule has 6 heteroatoms. The van der Waals surface area contributed by atoms with Gasteiger partial charge in [-0.3, -0.25) is 4.90 Å². The van der Waals surface area contributed by atoms with Gasteiger partial charge in [0.05, 0.1) is 13.2 Å². The van der Waals surface area contributed by atoms with Crippen molar-refractivity contribution >= 4 is 6.09 Å². The van der Waals surface area contributed by atoms with E-state index in [-0.39, 0.29) is 0 Å². The lowest BCUT2D eigenvalue weighted by Crippen LogP contribution is -2.37. The van der Waals surface area contributed by atoms with Crippen LogP contribution in [0.1, 0.15) is 17.5 Å². The minimum absolute atomic E-state index is 0.453. The van der Waals surface area contributed by atoms with Crippen molar-refractivity contribution in [1.82, 2.24) is 15.5 Å². The zero-order chi connectivity index (χ0) is 16.3. The Labute approximate surface area is 137 Å². The molecule has 1 aromatic rings. The molecule has 128 valence electrons. The van der Waals surface area contributed by atoms with Gasteiger partial charge in [-0.05, 0) is 37.1 Å². The van der Waals surface area contributed by atoms with E-state index >= 15 is 0 Å². The summed E-state index contributed by atoms with van der Waals surface area (Å²) in [6.07, 6.45) is 0.904. The summed E-state index contributed by atoms with van der Waals surface area (Å²) in [5, 5.41) is 14.4. The fraction of sp³-hybridized carbons (Fsp3) is 0.588. The Bertz CT molecular complexity index is 459. The van der Waals surface area contributed by atoms with Crippen molar-refractivity contribution in [2.24, 2.45) is 0 Å². The first kappa shape index (κ1) is 17.7. The molecule has 1 aliphatic rings. The third kappa shape index (κ3) is 7.45. The molecule has 0 atom stereocenters. The number of nitrogens with one attached hydrogen (secondary N) is 2. The van der Waals surface area contributed by atoms with Crippen LogP contribution < -0.4 is 10.6 Å². The zero-order valence-corrected chi connectivity index (χ0v) is 13.6. The normalized spacial score (nSPS) is 15.5. The highest BCUT2D eigenvalue weighted by atomic mass is 16.5. The van der Waals surface area contributed by atoms with Gasteiger partial charge in [-0.25, -0.2) is 4.79 Å². The predicted molar refractivity (Wildman–Crippen MR) is 89.8 cm³/mol. The molecule has 0 aliphatic carbocycles. The van der Waals surface area contributed by atoms with Gasteiger partial charge in [0.2, 0.25) is 0 Å². The average molecular weight is 321 g/mol. The van der Waals surface area contributed by atoms with E-state index in [2.05, 4.69) is 39.8 Å². The first-order chi connectivity index (χ1) is 11.2. The molecule has 3 N–H and O–H groups in total. The third-order valence-corrected chi connectivity index (χ3v) is 3.97. The molecule has 0 spiro atoms. The first-order valence-corrected chi connectivity index (χ1v) is 8.29. The van der Waals surface area contributed by atoms with Gasteiger partial charge < -0.3 is 20.5 Å². The monoisotopic (exact) mass is 321 g/mol. The van der Waals surface area contributed by atoms with Gasteiger partial charge in [-0.1, -0.05) is 24.3 Å². The van der Waals surface area contributed by atoms with Crippen molar-refractivity contribution < 1.29 is 14.6 Å². The largest absolute Gasteiger partial charge is 0.465 e. The van der Waals surface area contributed by atoms with Crippen molar-refractivity contribution in [3.05, 3.63) is 35.4 Å². The fourth-order valence-corrected chi connectivity index (χ4v) is 2.62. The van der Waals surface area contributed by atoms with Crippen LogP contribution in [-0.4, -0.2) is 62.0 Å². The maximum absolute atomic E-state index is 10.4. The standard InChI is InChI=1S/C17H27N3O3/c21-17(22)19-8-6-15-2-4-16(5-3-15)14-18-7-1-9-20-10-12-23-13-11-20/h2-5,18-19H,1,6-14H2,(H,21,22). The number of morpholine rings is 1. The number of hydrogen-bond acceptors (Lipinski definition) is 4. The number of nitrogens with zero attached hydrogens (tertiary/aromatic N) is 1. The van der Waals surface area contributed by atoms with Crippen LogP contribution >= 0.6 is 0 Å². The van der Waals surface area contributed by atoms with E-state index in [1.807, 2.05) is 0 Å². The smallest absolute Gasteiger partial charge is 0.404 e. The zero-order valence-electron chi connectivity index (χ0n) is 13.6. The minimum Gasteiger partial charge on any atom is -0.465 e. The van der Waals surface area contributed by atoms with E-state index in [0.717, 1.165) is 64.3 Å². The average Bonchev–Trinajstić information content (AvgIpc) is 2.56. The molecule has 0 bridgehead atoms. The van der Waals surface area contributed by atoms with E-state index in [9.17, 15) is 4.79 Å². The molecule has 0 unspecified atom stereocenters. The van der Waals surface area contributed by atoms with E-state index in [4.69, 9.17) is 9.84 Å². The second kappa shape index (κ2) is 10.2. The maximum Gasteiger partial charge on any atom is 0.404 e. The SMILES string of the molecule is O=C(O)NCCc1ccc(CNCCCN2CCOCC2)cc1. The van der Waals surface area contributed by atoms with Crippen LogP contribution in [0.25, 0.3) is 0 Å². The fourth-order valence-electron chi connectivity index (χ4n) is 2.62. The number of hydrogen-bond donors (Lipinski definition) is 3. The highest BCUT2D eigenvalue weighted by Crippen LogP contribution is 2.05. The molecule has 1 aromatic carbocycles. The van der Waals surface area contributed by atoms with Crippen molar-refractivity contribution in [1.29, 1.82) is 0 Å². The second-order valence-electron chi connectivity index (χ2n) is 5.78. The Morgan fingerprint density at radius 2 is 1.83 bits per heavy atom. The van der Waals surface area contributed by atoms with Gasteiger partial charge >= 0.3 is 6.09 Å². The van der Waals surface area contributed by atoms with E-state index in [0.29, 0.717) is 6.54 Å². The molecule has 2 rings (SSSR count). The summed E-state index contributed by atoms with van der Waals surface area (Å²) in [4.78, 5) is 12.8. The van der Waals surface area contributed by atoms with Gasteiger partial charge in [0.25, 0.3) is 0 Å². The number of carbonyl (C=O) groups is 1. The number of ether oxygens (including phenoxy) is 1. The van der Waals surface area contributed by atoms with Gasteiger partial charge in [-0.2, -0.15) is 0 Å². The Balaban J connectivity index is 1.55. The first-order valence-electron chi connectivity index (χ1n) is 8.29. The van der Waals surface area contributed by atoms with Gasteiger partial charge in [0.15, 0.2) is 0 Å². The lowest BCUT2D eigenvalue weighted by Gasteiger charge is -2.26. The minimum atomic E-state index is -0.970. The molecule has 1 heterocycles. The Morgan fingerprint density at radius 3 is 2.52 bits per heavy atom. The summed E-state index contributed by atoms with van der Waals surface area (Å²) in [6, 6.07) is 8.33. The number of carboxylic acid groups (broad SMARTS) is 1. The molecule has 0 radical (unpaired) electrons. The summed E-state index contributed by atoms with van der Waals surface area (Å²) in [6.45, 7) is 7.30. The lowest BCUT2D eigenvalue weighted by atomic mass is 10.1. The van der Waals surface area contributed by atoms with Crippen LogP contribution in [0.4, 0.5) is 4.79 Å². The van der Waals surface area contributed by atoms with Crippen molar-refractivity contribution in [2.75, 3.05) is 45.9 Å². The van der Waals surface area contributed by atoms with Crippen LogP contribution in [0.3, 0.4) is 0 Å². The second-order valence-corrected chi connectivity index (χ2v) is 5.78. The molecular weight excluding hydrogens is 294 g/mol. The lowest BCUT2D eigenvalue weighted by molar-refractivity contribution is 0.0374. The molecule has 1 amide bonds. The molecule has 6 nitrogen and oxygen atoms in total. The molecule has 23 heavy (non-hydrogen) atoms. The van der Waals surface area contributed by atoms with Crippen LogP contribution in [0.15, 0.2) is 24.3 Å². The Hall–Kier alpha value is -1.63. The highest BCUT2D eigenvalue weighted by molar-refractivity contribution is 5.64. The van der Waals surface area contributed by atoms with Gasteiger partial charge in [-0.15, -0.1) is 0 Å². The Morgan fingerprint density at radius 1 is 1.13 bits per heavy atom. The van der Waals surface area contributed by atoms with Crippen molar-refractivity contribution in [2.45, 2.75) is 19.4 Å². The number of amides is 1. The third-order valence-electron chi connectivity index (χ3n) is 3.97. The van der Waals surface area contributed by atoms with Crippen LogP contribution in [0.2, 0.25) is 0 Å². The van der Waals surface area contributed by atoms with Crippen molar-refractivity contribution in [3.63, 3.8) is 0 Å². The maximum atomic E-state index is 10.4. The molecule has 1 saturated heterocycles. The van der Waals surface area contributed by atoms with E-state index in [1.54, 1.807) is 0 Å². The molecule has 0 saturated carbocycles. The summed E-state index contributed by atoms with van der Waals surface area (Å²) in [5.41, 5.74) is 2.40. The van der Waals surface area contributed by atoms with Crippen LogP contribution in [-0.2, 0) is 17.7 Å². The number of rotatable bonds is 9. The topological polar surface area (TPSA) is 73.8 Å². The van der Waals surface area contributed by atoms with Crippen molar-refractivity contribution in [3.8, 4) is 0 Å². The summed E-state index contributed by atoms with van der Waals surface area (Å²) in [5.74, 6) is 0. The summed E-state index contributed by atoms with van der Waals surface area (Å²) >= 11 is 0. The van der Waals surface area contributed by atoms with Crippen LogP contribution in [0.5, 0.6) is 0 Å². The molecule has 1 fully saturated rings. The van der Waals surface area contributed by atoms with E-state index in [1.165, 1.54) is 5.56 Å². The van der Waals surface area contributed by atoms with Crippen LogP contribution in [0, 0.1) is 0 Å². The summed E-state index contributed by atoms with van der Waals surface area (Å²) < 4.78 is 5.34. The van der Waals surface area contributed by atoms with E-state index < -0.39 is 6.09 Å². The summed E-state index contributed by atoms with van der Waals surface area (Å²) in [7, 11) is 0. The molecule has 1 aliphatic heterocycles. The number of benzene rings is 1. The molecule has 0 aromatic heterocycles. The quantitative estimate of drug-likeness (QED) is 0.598. The molecular formula is C17H27N3O3. The van der Waals surface area contributed by atoms with Gasteiger partial charge in [0, 0.05) is 26.2 Å². The highest BCUT2D eigenvalue weighted by Gasteiger charge is 2.08. The van der Waals surface area contributed by atoms with Gasteiger partial charge in [0.1, 0.15) is 0 Å².